The lowest BCUT2D eigenvalue weighted by molar-refractivity contribution is 0.126. The molecule has 0 unspecified atom stereocenters. The van der Waals surface area contributed by atoms with Crippen LogP contribution < -0.4 is 5.32 Å². The fraction of sp³-hybridized carbons (Fsp3) is 0.400. The Morgan fingerprint density at radius 3 is 2.68 bits per heavy atom. The molecule has 0 spiro atoms. The van der Waals surface area contributed by atoms with Crippen molar-refractivity contribution in [3.63, 3.8) is 0 Å². The molecule has 3 nitrogen and oxygen atoms in total. The normalized spacial score (nSPS) is 23.5. The molecule has 4 heteroatoms. The van der Waals surface area contributed by atoms with Gasteiger partial charge in [0.2, 0.25) is 0 Å². The summed E-state index contributed by atoms with van der Waals surface area (Å²) in [6, 6.07) is 10.4. The van der Waals surface area contributed by atoms with E-state index in [0.29, 0.717) is 11.2 Å². The maximum atomic E-state index is 9.51. The number of halogens is 1. The van der Waals surface area contributed by atoms with E-state index in [2.05, 4.69) is 10.3 Å². The van der Waals surface area contributed by atoms with Crippen LogP contribution in [0.5, 0.6) is 0 Å². The molecule has 1 aliphatic rings. The maximum Gasteiger partial charge on any atom is 0.139 e. The van der Waals surface area contributed by atoms with Gasteiger partial charge < -0.3 is 10.4 Å². The van der Waals surface area contributed by atoms with Crippen molar-refractivity contribution in [3.8, 4) is 0 Å². The molecule has 1 aromatic heterocycles. The molecular formula is C15H17ClN2O. The number of aliphatic hydroxyl groups is 1. The Labute approximate surface area is 117 Å². The summed E-state index contributed by atoms with van der Waals surface area (Å²) >= 11 is 6.21. The van der Waals surface area contributed by atoms with Gasteiger partial charge in [0.05, 0.1) is 6.10 Å². The molecule has 19 heavy (non-hydrogen) atoms. The van der Waals surface area contributed by atoms with Gasteiger partial charge in [0.25, 0.3) is 0 Å². The molecule has 2 aromatic rings. The number of pyridine rings is 1. The smallest absolute Gasteiger partial charge is 0.139 e. The maximum absolute atomic E-state index is 9.51. The average molecular weight is 277 g/mol. The lowest BCUT2D eigenvalue weighted by atomic mass is 9.93. The molecule has 0 bridgehead atoms. The number of nitrogens with one attached hydrogen (secondary N) is 1. The van der Waals surface area contributed by atoms with Gasteiger partial charge in [-0.3, -0.25) is 0 Å². The molecule has 1 fully saturated rings. The highest BCUT2D eigenvalue weighted by Gasteiger charge is 2.19. The van der Waals surface area contributed by atoms with E-state index in [1.807, 2.05) is 30.3 Å². The van der Waals surface area contributed by atoms with Crippen LogP contribution >= 0.6 is 11.6 Å². The topological polar surface area (TPSA) is 45.1 Å². The monoisotopic (exact) mass is 276 g/mol. The molecule has 1 heterocycles. The van der Waals surface area contributed by atoms with Gasteiger partial charge in [0.1, 0.15) is 11.0 Å². The summed E-state index contributed by atoms with van der Waals surface area (Å²) in [5, 5.41) is 15.6. The lowest BCUT2D eigenvalue weighted by Gasteiger charge is -2.26. The summed E-state index contributed by atoms with van der Waals surface area (Å²) < 4.78 is 0. The van der Waals surface area contributed by atoms with Crippen LogP contribution in [0.4, 0.5) is 5.82 Å². The SMILES string of the molecule is OC1CCC(Nc2cc3ccccc3c(Cl)n2)CC1. The van der Waals surface area contributed by atoms with Gasteiger partial charge in [-0.05, 0) is 37.1 Å². The van der Waals surface area contributed by atoms with E-state index in [1.165, 1.54) is 0 Å². The minimum Gasteiger partial charge on any atom is -0.393 e. The van der Waals surface area contributed by atoms with Crippen LogP contribution in [-0.2, 0) is 0 Å². The number of hydrogen-bond donors (Lipinski definition) is 2. The van der Waals surface area contributed by atoms with Crippen LogP contribution in [0.25, 0.3) is 10.8 Å². The van der Waals surface area contributed by atoms with Crippen molar-refractivity contribution in [2.75, 3.05) is 5.32 Å². The fourth-order valence-corrected chi connectivity index (χ4v) is 2.92. The molecule has 1 saturated carbocycles. The van der Waals surface area contributed by atoms with Crippen molar-refractivity contribution in [1.29, 1.82) is 0 Å². The molecule has 1 aliphatic carbocycles. The van der Waals surface area contributed by atoms with Crippen molar-refractivity contribution in [2.45, 2.75) is 37.8 Å². The number of rotatable bonds is 2. The summed E-state index contributed by atoms with van der Waals surface area (Å²) in [5.74, 6) is 0.824. The molecule has 3 rings (SSSR count). The second-order valence-corrected chi connectivity index (χ2v) is 5.53. The van der Waals surface area contributed by atoms with Gasteiger partial charge in [-0.2, -0.15) is 0 Å². The van der Waals surface area contributed by atoms with Gasteiger partial charge in [0.15, 0.2) is 0 Å². The number of anilines is 1. The number of aliphatic hydroxyl groups excluding tert-OH is 1. The van der Waals surface area contributed by atoms with Gasteiger partial charge in [-0.1, -0.05) is 35.9 Å². The summed E-state index contributed by atoms with van der Waals surface area (Å²) in [6.07, 6.45) is 3.55. The minimum atomic E-state index is -0.133. The highest BCUT2D eigenvalue weighted by Crippen LogP contribution is 2.27. The van der Waals surface area contributed by atoms with Crippen molar-refractivity contribution in [2.24, 2.45) is 0 Å². The van der Waals surface area contributed by atoms with E-state index >= 15 is 0 Å². The number of benzene rings is 1. The Morgan fingerprint density at radius 2 is 1.89 bits per heavy atom. The summed E-state index contributed by atoms with van der Waals surface area (Å²) in [7, 11) is 0. The molecule has 0 atom stereocenters. The van der Waals surface area contributed by atoms with Crippen LogP contribution in [0.15, 0.2) is 30.3 Å². The third kappa shape index (κ3) is 2.82. The zero-order chi connectivity index (χ0) is 13.2. The lowest BCUT2D eigenvalue weighted by Crippen LogP contribution is -2.28. The Kier molecular flexibility index (Phi) is 3.58. The Balaban J connectivity index is 1.81. The molecule has 0 saturated heterocycles. The number of hydrogen-bond acceptors (Lipinski definition) is 3. The molecule has 0 amide bonds. The first-order valence-electron chi connectivity index (χ1n) is 6.72. The van der Waals surface area contributed by atoms with Crippen LogP contribution in [0.1, 0.15) is 25.7 Å². The van der Waals surface area contributed by atoms with Crippen molar-refractivity contribution >= 4 is 28.2 Å². The molecule has 1 aromatic carbocycles. The largest absolute Gasteiger partial charge is 0.393 e. The second kappa shape index (κ2) is 5.35. The van der Waals surface area contributed by atoms with E-state index < -0.39 is 0 Å². The van der Waals surface area contributed by atoms with Gasteiger partial charge in [-0.15, -0.1) is 0 Å². The second-order valence-electron chi connectivity index (χ2n) is 5.17. The van der Waals surface area contributed by atoms with E-state index in [-0.39, 0.29) is 6.10 Å². The van der Waals surface area contributed by atoms with Crippen LogP contribution in [-0.4, -0.2) is 22.2 Å². The molecular weight excluding hydrogens is 260 g/mol. The van der Waals surface area contributed by atoms with Crippen LogP contribution in [0.3, 0.4) is 0 Å². The van der Waals surface area contributed by atoms with Crippen molar-refractivity contribution in [3.05, 3.63) is 35.5 Å². The van der Waals surface area contributed by atoms with E-state index in [4.69, 9.17) is 11.6 Å². The number of aromatic nitrogens is 1. The van der Waals surface area contributed by atoms with Crippen LogP contribution in [0, 0.1) is 0 Å². The summed E-state index contributed by atoms with van der Waals surface area (Å²) in [5.41, 5.74) is 0. The van der Waals surface area contributed by atoms with Gasteiger partial charge >= 0.3 is 0 Å². The average Bonchev–Trinajstić information content (AvgIpc) is 2.42. The number of nitrogens with zero attached hydrogens (tertiary/aromatic N) is 1. The minimum absolute atomic E-state index is 0.133. The van der Waals surface area contributed by atoms with Gasteiger partial charge in [-0.25, -0.2) is 4.98 Å². The fourth-order valence-electron chi connectivity index (χ4n) is 2.66. The predicted octanol–water partition coefficient (Wildman–Crippen LogP) is 3.60. The first-order chi connectivity index (χ1) is 9.22. The first kappa shape index (κ1) is 12.7. The van der Waals surface area contributed by atoms with Crippen LogP contribution in [0.2, 0.25) is 5.15 Å². The molecule has 2 N–H and O–H groups in total. The standard InChI is InChI=1S/C15H17ClN2O/c16-15-13-4-2-1-3-10(13)9-14(18-15)17-11-5-7-12(19)8-6-11/h1-4,9,11-12,19H,5-8H2,(H,17,18). The summed E-state index contributed by atoms with van der Waals surface area (Å²) in [6.45, 7) is 0. The Hall–Kier alpha value is -1.32. The van der Waals surface area contributed by atoms with Crippen molar-refractivity contribution in [1.82, 2.24) is 4.98 Å². The Bertz CT molecular complexity index is 579. The zero-order valence-electron chi connectivity index (χ0n) is 10.6. The quantitative estimate of drug-likeness (QED) is 0.824. The molecule has 0 radical (unpaired) electrons. The van der Waals surface area contributed by atoms with E-state index in [0.717, 1.165) is 42.3 Å². The van der Waals surface area contributed by atoms with Crippen molar-refractivity contribution < 1.29 is 5.11 Å². The van der Waals surface area contributed by atoms with E-state index in [1.54, 1.807) is 0 Å². The third-order valence-electron chi connectivity index (χ3n) is 3.74. The Morgan fingerprint density at radius 1 is 1.16 bits per heavy atom. The van der Waals surface area contributed by atoms with Gasteiger partial charge in [0, 0.05) is 11.4 Å². The molecule has 0 aliphatic heterocycles. The number of fused-ring (bicyclic) bond motifs is 1. The third-order valence-corrected chi connectivity index (χ3v) is 4.03. The van der Waals surface area contributed by atoms with E-state index in [9.17, 15) is 5.11 Å². The summed E-state index contributed by atoms with van der Waals surface area (Å²) in [4.78, 5) is 4.41. The first-order valence-corrected chi connectivity index (χ1v) is 7.10. The highest BCUT2D eigenvalue weighted by atomic mass is 35.5. The predicted molar refractivity (Wildman–Crippen MR) is 78.6 cm³/mol. The zero-order valence-corrected chi connectivity index (χ0v) is 11.4. The molecule has 100 valence electrons. The highest BCUT2D eigenvalue weighted by molar-refractivity contribution is 6.34.